The van der Waals surface area contributed by atoms with Crippen molar-refractivity contribution >= 4 is 35.0 Å². The molecule has 0 aliphatic carbocycles. The first kappa shape index (κ1) is 22.7. The molecule has 3 aromatic rings. The van der Waals surface area contributed by atoms with Gasteiger partial charge in [-0.2, -0.15) is 0 Å². The van der Waals surface area contributed by atoms with Gasteiger partial charge >= 0.3 is 0 Å². The number of hydrogen-bond acceptors (Lipinski definition) is 6. The van der Waals surface area contributed by atoms with Crippen LogP contribution < -0.4 is 9.47 Å². The molecule has 0 aliphatic rings. The van der Waals surface area contributed by atoms with E-state index in [1.807, 2.05) is 36.4 Å². The Balaban J connectivity index is 1.92. The van der Waals surface area contributed by atoms with Crippen LogP contribution in [0.15, 0.2) is 41.6 Å². The zero-order chi connectivity index (χ0) is 21.5. The predicted octanol–water partition coefficient (Wildman–Crippen LogP) is 5.60. The molecule has 0 saturated carbocycles. The van der Waals surface area contributed by atoms with Gasteiger partial charge in [-0.15, -0.1) is 10.2 Å². The molecule has 6 nitrogen and oxygen atoms in total. The highest BCUT2D eigenvalue weighted by atomic mass is 35.5. The zero-order valence-corrected chi connectivity index (χ0v) is 19.4. The van der Waals surface area contributed by atoms with Crippen LogP contribution in [0.5, 0.6) is 11.5 Å². The average molecular weight is 468 g/mol. The van der Waals surface area contributed by atoms with E-state index in [9.17, 15) is 0 Å². The lowest BCUT2D eigenvalue weighted by Gasteiger charge is -2.12. The number of ether oxygens (including phenoxy) is 3. The molecule has 0 N–H and O–H groups in total. The molecule has 0 spiro atoms. The molecule has 0 bridgehead atoms. The van der Waals surface area contributed by atoms with Crippen molar-refractivity contribution in [3.8, 4) is 22.9 Å². The van der Waals surface area contributed by atoms with Crippen molar-refractivity contribution in [1.29, 1.82) is 0 Å². The number of aromatic nitrogens is 3. The Kier molecular flexibility index (Phi) is 8.27. The van der Waals surface area contributed by atoms with E-state index in [0.29, 0.717) is 40.4 Å². The van der Waals surface area contributed by atoms with Gasteiger partial charge in [0, 0.05) is 41.6 Å². The third-order valence-electron chi connectivity index (χ3n) is 4.50. The summed E-state index contributed by atoms with van der Waals surface area (Å²) in [5, 5.41) is 10.9. The number of thioether (sulfide) groups is 1. The van der Waals surface area contributed by atoms with Gasteiger partial charge in [0.25, 0.3) is 0 Å². The summed E-state index contributed by atoms with van der Waals surface area (Å²) in [6.07, 6.45) is 0.829. The normalized spacial score (nSPS) is 11.0. The van der Waals surface area contributed by atoms with Crippen LogP contribution in [0.2, 0.25) is 10.0 Å². The fourth-order valence-electron chi connectivity index (χ4n) is 2.96. The predicted molar refractivity (Wildman–Crippen MR) is 121 cm³/mol. The van der Waals surface area contributed by atoms with E-state index in [-0.39, 0.29) is 0 Å². The van der Waals surface area contributed by atoms with Crippen LogP contribution in [0.1, 0.15) is 12.0 Å². The number of hydrogen-bond donors (Lipinski definition) is 0. The van der Waals surface area contributed by atoms with Gasteiger partial charge < -0.3 is 18.8 Å². The van der Waals surface area contributed by atoms with Crippen molar-refractivity contribution in [2.45, 2.75) is 23.9 Å². The number of methoxy groups -OCH3 is 3. The van der Waals surface area contributed by atoms with E-state index >= 15 is 0 Å². The van der Waals surface area contributed by atoms with Crippen LogP contribution in [0.4, 0.5) is 0 Å². The Labute approximate surface area is 190 Å². The summed E-state index contributed by atoms with van der Waals surface area (Å²) in [5.74, 6) is 2.64. The molecule has 2 aromatic carbocycles. The first-order valence-corrected chi connectivity index (χ1v) is 11.0. The van der Waals surface area contributed by atoms with Gasteiger partial charge in [0.05, 0.1) is 14.2 Å². The van der Waals surface area contributed by atoms with Gasteiger partial charge in [-0.05, 0) is 42.3 Å². The maximum absolute atomic E-state index is 6.32. The monoisotopic (exact) mass is 467 g/mol. The molecule has 0 unspecified atom stereocenters. The van der Waals surface area contributed by atoms with Gasteiger partial charge in [-0.3, -0.25) is 0 Å². The van der Waals surface area contributed by atoms with E-state index in [1.165, 1.54) is 0 Å². The lowest BCUT2D eigenvalue weighted by Crippen LogP contribution is -2.05. The highest BCUT2D eigenvalue weighted by Gasteiger charge is 2.17. The largest absolute Gasteiger partial charge is 0.493 e. The number of benzene rings is 2. The highest BCUT2D eigenvalue weighted by Crippen LogP contribution is 2.35. The summed E-state index contributed by atoms with van der Waals surface area (Å²) in [4.78, 5) is 0. The van der Waals surface area contributed by atoms with Gasteiger partial charge in [-0.1, -0.05) is 41.0 Å². The molecule has 0 amide bonds. The zero-order valence-electron chi connectivity index (χ0n) is 17.0. The van der Waals surface area contributed by atoms with Crippen molar-refractivity contribution in [2.75, 3.05) is 27.9 Å². The van der Waals surface area contributed by atoms with Crippen LogP contribution in [-0.2, 0) is 17.0 Å². The summed E-state index contributed by atoms with van der Waals surface area (Å²) in [7, 11) is 4.91. The minimum absolute atomic E-state index is 0.590. The molecule has 0 saturated heterocycles. The summed E-state index contributed by atoms with van der Waals surface area (Å²) in [5.41, 5.74) is 1.77. The van der Waals surface area contributed by atoms with Gasteiger partial charge in [-0.25, -0.2) is 0 Å². The van der Waals surface area contributed by atoms with Crippen molar-refractivity contribution in [3.05, 3.63) is 52.0 Å². The van der Waals surface area contributed by atoms with Crippen LogP contribution in [0, 0.1) is 0 Å². The van der Waals surface area contributed by atoms with Gasteiger partial charge in [0.2, 0.25) is 0 Å². The first-order chi connectivity index (χ1) is 14.6. The average Bonchev–Trinajstić information content (AvgIpc) is 3.15. The van der Waals surface area contributed by atoms with Crippen LogP contribution in [-0.4, -0.2) is 42.7 Å². The SMILES string of the molecule is COCCCn1c(SCc2c(Cl)cccc2Cl)nnc1-c1ccc(OC)c(OC)c1. The van der Waals surface area contributed by atoms with E-state index in [0.717, 1.165) is 28.5 Å². The lowest BCUT2D eigenvalue weighted by atomic mass is 10.2. The van der Waals surface area contributed by atoms with Crippen LogP contribution in [0.25, 0.3) is 11.4 Å². The third-order valence-corrected chi connectivity index (χ3v) is 6.20. The Morgan fingerprint density at radius 2 is 1.70 bits per heavy atom. The number of halogens is 2. The molecule has 9 heteroatoms. The van der Waals surface area contributed by atoms with E-state index in [4.69, 9.17) is 37.4 Å². The minimum atomic E-state index is 0.590. The van der Waals surface area contributed by atoms with E-state index < -0.39 is 0 Å². The Bertz CT molecular complexity index is 977. The Morgan fingerprint density at radius 3 is 2.37 bits per heavy atom. The smallest absolute Gasteiger partial charge is 0.191 e. The Morgan fingerprint density at radius 1 is 0.967 bits per heavy atom. The molecule has 160 valence electrons. The Hall–Kier alpha value is -1.93. The topological polar surface area (TPSA) is 58.4 Å². The number of nitrogens with zero attached hydrogens (tertiary/aromatic N) is 3. The van der Waals surface area contributed by atoms with Crippen molar-refractivity contribution in [1.82, 2.24) is 14.8 Å². The summed E-state index contributed by atoms with van der Waals surface area (Å²) in [6, 6.07) is 11.2. The van der Waals surface area contributed by atoms with Gasteiger partial charge in [0.1, 0.15) is 0 Å². The second-order valence-corrected chi connectivity index (χ2v) is 8.12. The molecule has 0 fully saturated rings. The molecule has 0 radical (unpaired) electrons. The third kappa shape index (κ3) is 5.21. The molecular formula is C21H23Cl2N3O3S. The summed E-state index contributed by atoms with van der Waals surface area (Å²) >= 11 is 14.2. The molecule has 1 aromatic heterocycles. The summed E-state index contributed by atoms with van der Waals surface area (Å²) < 4.78 is 18.1. The second-order valence-electron chi connectivity index (χ2n) is 6.36. The quantitative estimate of drug-likeness (QED) is 0.285. The first-order valence-electron chi connectivity index (χ1n) is 9.29. The van der Waals surface area contributed by atoms with Crippen LogP contribution >= 0.6 is 35.0 Å². The lowest BCUT2D eigenvalue weighted by molar-refractivity contribution is 0.189. The van der Waals surface area contributed by atoms with Gasteiger partial charge in [0.15, 0.2) is 22.5 Å². The second kappa shape index (κ2) is 10.9. The maximum atomic E-state index is 6.32. The van der Waals surface area contributed by atoms with Crippen molar-refractivity contribution < 1.29 is 14.2 Å². The molecule has 3 rings (SSSR count). The van der Waals surface area contributed by atoms with Crippen molar-refractivity contribution in [3.63, 3.8) is 0 Å². The van der Waals surface area contributed by atoms with E-state index in [2.05, 4.69) is 14.8 Å². The standard InChI is InChI=1S/C21H23Cl2N3O3S/c1-27-11-5-10-26-20(14-8-9-18(28-2)19(12-14)29-3)24-25-21(26)30-13-15-16(22)6-4-7-17(15)23/h4,6-9,12H,5,10-11,13H2,1-3H3. The maximum Gasteiger partial charge on any atom is 0.191 e. The fourth-order valence-corrected chi connectivity index (χ4v) is 4.67. The number of rotatable bonds is 10. The minimum Gasteiger partial charge on any atom is -0.493 e. The highest BCUT2D eigenvalue weighted by molar-refractivity contribution is 7.98. The molecule has 0 aliphatic heterocycles. The van der Waals surface area contributed by atoms with Crippen molar-refractivity contribution in [2.24, 2.45) is 0 Å². The molecule has 1 heterocycles. The molecule has 0 atom stereocenters. The molecular weight excluding hydrogens is 445 g/mol. The molecule has 30 heavy (non-hydrogen) atoms. The summed E-state index contributed by atoms with van der Waals surface area (Å²) in [6.45, 7) is 1.35. The van der Waals surface area contributed by atoms with E-state index in [1.54, 1.807) is 33.1 Å². The fraction of sp³-hybridized carbons (Fsp3) is 0.333. The van der Waals surface area contributed by atoms with Crippen LogP contribution in [0.3, 0.4) is 0 Å².